The van der Waals surface area contributed by atoms with Gasteiger partial charge in [-0.25, -0.2) is 9.97 Å². The summed E-state index contributed by atoms with van der Waals surface area (Å²) in [5.41, 5.74) is 12.3. The molecule has 5 nitrogen and oxygen atoms in total. The van der Waals surface area contributed by atoms with Crippen molar-refractivity contribution in [2.75, 3.05) is 11.5 Å². The van der Waals surface area contributed by atoms with Gasteiger partial charge in [0.2, 0.25) is 5.95 Å². The summed E-state index contributed by atoms with van der Waals surface area (Å²) in [5, 5.41) is 0. The number of imidazole rings is 1. The van der Waals surface area contributed by atoms with Crippen LogP contribution in [0, 0.1) is 0 Å². The molecule has 0 aromatic carbocycles. The summed E-state index contributed by atoms with van der Waals surface area (Å²) in [5.74, 6) is 0.395. The molecule has 0 amide bonds. The van der Waals surface area contributed by atoms with Crippen molar-refractivity contribution in [3.63, 3.8) is 0 Å². The van der Waals surface area contributed by atoms with Gasteiger partial charge in [0.05, 0.1) is 11.9 Å². The van der Waals surface area contributed by atoms with E-state index in [4.69, 9.17) is 11.5 Å². The van der Waals surface area contributed by atoms with Gasteiger partial charge < -0.3 is 11.5 Å². The van der Waals surface area contributed by atoms with E-state index < -0.39 is 0 Å². The second-order valence-electron chi connectivity index (χ2n) is 2.19. The lowest BCUT2D eigenvalue weighted by atomic mass is 10.5. The third kappa shape index (κ3) is 0.706. The second kappa shape index (κ2) is 1.85. The van der Waals surface area contributed by atoms with E-state index in [2.05, 4.69) is 9.97 Å². The van der Waals surface area contributed by atoms with Crippen LogP contribution >= 0.6 is 0 Å². The number of rotatable bonds is 0. The topological polar surface area (TPSA) is 82.2 Å². The van der Waals surface area contributed by atoms with Crippen molar-refractivity contribution < 1.29 is 0 Å². The fourth-order valence-electron chi connectivity index (χ4n) is 0.958. The molecule has 0 atom stereocenters. The predicted molar refractivity (Wildman–Crippen MR) is 41.8 cm³/mol. The summed E-state index contributed by atoms with van der Waals surface area (Å²) in [7, 11) is 0. The second-order valence-corrected chi connectivity index (χ2v) is 2.19. The van der Waals surface area contributed by atoms with Crippen LogP contribution in [-0.4, -0.2) is 14.4 Å². The Balaban J connectivity index is 2.96. The zero-order valence-corrected chi connectivity index (χ0v) is 5.73. The normalized spacial score (nSPS) is 10.5. The largest absolute Gasteiger partial charge is 0.394 e. The smallest absolute Gasteiger partial charge is 0.206 e. The molecule has 0 bridgehead atoms. The van der Waals surface area contributed by atoms with Gasteiger partial charge in [0.15, 0.2) is 5.65 Å². The molecule has 5 heteroatoms. The van der Waals surface area contributed by atoms with E-state index in [0.29, 0.717) is 17.3 Å². The van der Waals surface area contributed by atoms with Crippen molar-refractivity contribution in [1.29, 1.82) is 0 Å². The van der Waals surface area contributed by atoms with E-state index in [0.717, 1.165) is 0 Å². The van der Waals surface area contributed by atoms with Crippen molar-refractivity contribution in [3.05, 3.63) is 18.6 Å². The molecule has 2 heterocycles. The van der Waals surface area contributed by atoms with Crippen molar-refractivity contribution in [2.45, 2.75) is 0 Å². The van der Waals surface area contributed by atoms with Gasteiger partial charge in [0.25, 0.3) is 0 Å². The van der Waals surface area contributed by atoms with Crippen LogP contribution in [-0.2, 0) is 0 Å². The summed E-state index contributed by atoms with van der Waals surface area (Å²) in [6.45, 7) is 0. The van der Waals surface area contributed by atoms with Crippen LogP contribution in [0.5, 0.6) is 0 Å². The van der Waals surface area contributed by atoms with Crippen LogP contribution < -0.4 is 11.5 Å². The van der Waals surface area contributed by atoms with Crippen molar-refractivity contribution in [3.8, 4) is 0 Å². The van der Waals surface area contributed by atoms with E-state index in [1.807, 2.05) is 0 Å². The number of fused-ring (bicyclic) bond motifs is 1. The average molecular weight is 149 g/mol. The lowest BCUT2D eigenvalue weighted by Crippen LogP contribution is -2.01. The molecule has 2 aromatic heterocycles. The van der Waals surface area contributed by atoms with E-state index in [1.54, 1.807) is 16.8 Å². The maximum absolute atomic E-state index is 5.57. The Bertz CT molecular complexity index is 355. The van der Waals surface area contributed by atoms with Gasteiger partial charge in [0, 0.05) is 12.4 Å². The van der Waals surface area contributed by atoms with Crippen molar-refractivity contribution in [1.82, 2.24) is 14.4 Å². The van der Waals surface area contributed by atoms with Crippen LogP contribution in [0.1, 0.15) is 0 Å². The van der Waals surface area contributed by atoms with E-state index in [9.17, 15) is 0 Å². The number of anilines is 2. The Labute approximate surface area is 62.7 Å². The first-order valence-corrected chi connectivity index (χ1v) is 3.12. The molecule has 0 spiro atoms. The minimum Gasteiger partial charge on any atom is -0.394 e. The first-order chi connectivity index (χ1) is 5.29. The molecule has 56 valence electrons. The van der Waals surface area contributed by atoms with Gasteiger partial charge >= 0.3 is 0 Å². The molecule has 0 unspecified atom stereocenters. The zero-order valence-electron chi connectivity index (χ0n) is 5.73. The number of nitrogen functional groups attached to an aromatic ring is 2. The minimum atomic E-state index is 0.395. The maximum Gasteiger partial charge on any atom is 0.206 e. The summed E-state index contributed by atoms with van der Waals surface area (Å²) < 4.78 is 1.63. The molecule has 0 aliphatic rings. The van der Waals surface area contributed by atoms with Gasteiger partial charge in [0.1, 0.15) is 0 Å². The Morgan fingerprint density at radius 3 is 2.82 bits per heavy atom. The standard InChI is InChI=1S/C6H7N5/c7-4-3-10-6(8)11-2-1-9-5(4)11/h1-3H,7H2,(H2,8,10). The fourth-order valence-corrected chi connectivity index (χ4v) is 0.958. The Hall–Kier alpha value is -1.78. The summed E-state index contributed by atoms with van der Waals surface area (Å²) in [6.07, 6.45) is 4.84. The quantitative estimate of drug-likeness (QED) is 0.547. The molecular formula is C6H7N5. The molecular weight excluding hydrogens is 142 g/mol. The first-order valence-electron chi connectivity index (χ1n) is 3.12. The lowest BCUT2D eigenvalue weighted by molar-refractivity contribution is 1.11. The zero-order chi connectivity index (χ0) is 7.84. The van der Waals surface area contributed by atoms with Crippen molar-refractivity contribution in [2.24, 2.45) is 0 Å². The fraction of sp³-hybridized carbons (Fsp3) is 0. The molecule has 2 rings (SSSR count). The molecule has 2 aromatic rings. The summed E-state index contributed by atoms with van der Waals surface area (Å²) >= 11 is 0. The lowest BCUT2D eigenvalue weighted by Gasteiger charge is -1.98. The SMILES string of the molecule is Nc1cnc(N)n2ccnc12. The highest BCUT2D eigenvalue weighted by Gasteiger charge is 2.00. The highest BCUT2D eigenvalue weighted by molar-refractivity contribution is 5.65. The molecule has 0 saturated heterocycles. The number of nitrogens with zero attached hydrogens (tertiary/aromatic N) is 3. The number of nitrogens with two attached hydrogens (primary N) is 2. The van der Waals surface area contributed by atoms with E-state index in [-0.39, 0.29) is 0 Å². The van der Waals surface area contributed by atoms with Gasteiger partial charge in [-0.2, -0.15) is 0 Å². The molecule has 11 heavy (non-hydrogen) atoms. The molecule has 0 fully saturated rings. The van der Waals surface area contributed by atoms with Crippen LogP contribution in [0.3, 0.4) is 0 Å². The monoisotopic (exact) mass is 149 g/mol. The highest BCUT2D eigenvalue weighted by atomic mass is 15.1. The Morgan fingerprint density at radius 2 is 2.09 bits per heavy atom. The maximum atomic E-state index is 5.57. The van der Waals surface area contributed by atoms with Gasteiger partial charge in [-0.3, -0.25) is 4.40 Å². The average Bonchev–Trinajstić information content (AvgIpc) is 2.45. The minimum absolute atomic E-state index is 0.395. The van der Waals surface area contributed by atoms with Crippen LogP contribution in [0.2, 0.25) is 0 Å². The third-order valence-electron chi connectivity index (χ3n) is 1.48. The summed E-state index contributed by atoms with van der Waals surface area (Å²) in [6, 6.07) is 0. The molecule has 0 aliphatic carbocycles. The molecule has 0 aliphatic heterocycles. The predicted octanol–water partition coefficient (Wildman–Crippen LogP) is -0.106. The molecule has 0 saturated carbocycles. The van der Waals surface area contributed by atoms with Crippen LogP contribution in [0.4, 0.5) is 11.6 Å². The third-order valence-corrected chi connectivity index (χ3v) is 1.48. The number of hydrogen-bond donors (Lipinski definition) is 2. The van der Waals surface area contributed by atoms with E-state index >= 15 is 0 Å². The van der Waals surface area contributed by atoms with Gasteiger partial charge in [-0.05, 0) is 0 Å². The van der Waals surface area contributed by atoms with Crippen molar-refractivity contribution >= 4 is 17.3 Å². The summed E-state index contributed by atoms with van der Waals surface area (Å²) in [4.78, 5) is 7.85. The van der Waals surface area contributed by atoms with Gasteiger partial charge in [-0.1, -0.05) is 0 Å². The number of aromatic nitrogens is 3. The highest BCUT2D eigenvalue weighted by Crippen LogP contribution is 2.11. The van der Waals surface area contributed by atoms with Crippen LogP contribution in [0.25, 0.3) is 5.65 Å². The first kappa shape index (κ1) is 5.96. The molecule has 0 radical (unpaired) electrons. The van der Waals surface area contributed by atoms with E-state index in [1.165, 1.54) is 6.20 Å². The number of hydrogen-bond acceptors (Lipinski definition) is 4. The Kier molecular flexibility index (Phi) is 1.00. The Morgan fingerprint density at radius 1 is 1.27 bits per heavy atom. The van der Waals surface area contributed by atoms with Crippen LogP contribution in [0.15, 0.2) is 18.6 Å². The van der Waals surface area contributed by atoms with Gasteiger partial charge in [-0.15, -0.1) is 0 Å². The molecule has 4 N–H and O–H groups in total.